The molecule has 4 nitrogen and oxygen atoms in total. The fourth-order valence-corrected chi connectivity index (χ4v) is 15.4. The van der Waals surface area contributed by atoms with Crippen LogP contribution >= 0.6 is 0 Å². The molecule has 0 saturated heterocycles. The number of anilines is 8. The van der Waals surface area contributed by atoms with Gasteiger partial charge in [-0.1, -0.05) is 180 Å². The van der Waals surface area contributed by atoms with E-state index in [4.69, 9.17) is 4.42 Å². The van der Waals surface area contributed by atoms with Crippen LogP contribution in [0.25, 0.3) is 33.1 Å². The number of fused-ring (bicyclic) bond motifs is 11. The molecule has 5 heteroatoms. The lowest BCUT2D eigenvalue weighted by atomic mass is 9.33. The minimum Gasteiger partial charge on any atom is -0.454 e. The van der Waals surface area contributed by atoms with Crippen LogP contribution in [0.2, 0.25) is 0 Å². The molecule has 2 unspecified atom stereocenters. The molecule has 0 bridgehead atoms. The molecule has 2 atom stereocenters. The van der Waals surface area contributed by atoms with Gasteiger partial charge in [0.05, 0.1) is 16.9 Å². The third-order valence-electron chi connectivity index (χ3n) is 20.2. The number of hydrogen-bond acceptors (Lipinski definition) is 4. The minimum atomic E-state index is -0.0856. The second kappa shape index (κ2) is 16.5. The van der Waals surface area contributed by atoms with Gasteiger partial charge in [0.15, 0.2) is 5.58 Å². The fraction of sp³-hybridized carbons (Fsp3) is 0.342. The van der Waals surface area contributed by atoms with Crippen LogP contribution in [0.15, 0.2) is 156 Å². The molecule has 0 spiro atoms. The molecule has 4 heterocycles. The Labute approximate surface area is 464 Å². The number of rotatable bonds is 5. The van der Waals surface area contributed by atoms with Gasteiger partial charge in [-0.15, -0.1) is 0 Å². The van der Waals surface area contributed by atoms with Gasteiger partial charge in [0.1, 0.15) is 5.58 Å². The summed E-state index contributed by atoms with van der Waals surface area (Å²) in [5, 5.41) is 2.24. The molecule has 1 fully saturated rings. The molecule has 5 aliphatic rings. The lowest BCUT2D eigenvalue weighted by Gasteiger charge is -2.53. The Bertz CT molecular complexity index is 3960. The highest BCUT2D eigenvalue weighted by atomic mass is 16.3. The largest absolute Gasteiger partial charge is 0.454 e. The second-order valence-corrected chi connectivity index (χ2v) is 28.0. The number of aryl methyl sites for hydroxylation is 1. The molecular weight excluding hydrogens is 946 g/mol. The van der Waals surface area contributed by atoms with Crippen LogP contribution in [-0.4, -0.2) is 12.3 Å². The molecule has 1 aromatic heterocycles. The third kappa shape index (κ3) is 6.97. The Morgan fingerprint density at radius 2 is 1.18 bits per heavy atom. The quantitative estimate of drug-likeness (QED) is 0.160. The van der Waals surface area contributed by atoms with Gasteiger partial charge in [-0.25, -0.2) is 0 Å². The smallest absolute Gasteiger partial charge is 0.252 e. The molecule has 1 saturated carbocycles. The minimum absolute atomic E-state index is 0.000584. The van der Waals surface area contributed by atoms with E-state index in [1.807, 2.05) is 0 Å². The summed E-state index contributed by atoms with van der Waals surface area (Å²) in [5.74, 6) is 0. The standard InChI is InChI=1S/C73H76BN3O/c1-45-38-62-65-63(39-45)77-66-56(72(12)34-19-20-35-73(72,77)13)40-48(69(5,6)7)41-58(66)74(65)57-33-32-50(42-61(57)76(62)60-44-55-54(70(8,9)36-37-71(55,10)11)43-53(60)46-22-15-14-16-23-46)75(49-30-28-47(29-31-49)68(2,3)4)59-26-21-25-52-51-24-17-18-27-64(51)78-67(52)59/h14-18,21-33,38-44H,19-20,34-37H2,1-13H3. The molecule has 9 aromatic rings. The van der Waals surface area contributed by atoms with Crippen molar-refractivity contribution >= 4 is 90.5 Å². The molecule has 14 rings (SSSR count). The summed E-state index contributed by atoms with van der Waals surface area (Å²) in [5.41, 5.74) is 26.7. The summed E-state index contributed by atoms with van der Waals surface area (Å²) in [6, 6.07) is 58.9. The van der Waals surface area contributed by atoms with Crippen molar-refractivity contribution in [3.8, 4) is 11.1 Å². The van der Waals surface area contributed by atoms with E-state index in [1.54, 1.807) is 5.56 Å². The lowest BCUT2D eigenvalue weighted by Crippen LogP contribution is -2.64. The van der Waals surface area contributed by atoms with Crippen molar-refractivity contribution in [3.63, 3.8) is 0 Å². The molecule has 78 heavy (non-hydrogen) atoms. The first-order valence-corrected chi connectivity index (χ1v) is 29.2. The van der Waals surface area contributed by atoms with Crippen molar-refractivity contribution in [2.45, 2.75) is 161 Å². The summed E-state index contributed by atoms with van der Waals surface area (Å²) in [6.07, 6.45) is 7.15. The highest BCUT2D eigenvalue weighted by molar-refractivity contribution is 7.00. The van der Waals surface area contributed by atoms with Gasteiger partial charge in [0.2, 0.25) is 0 Å². The molecule has 0 radical (unpaired) electrons. The van der Waals surface area contributed by atoms with Crippen LogP contribution in [0.4, 0.5) is 45.5 Å². The first-order valence-electron chi connectivity index (χ1n) is 29.2. The van der Waals surface area contributed by atoms with E-state index in [2.05, 4.69) is 256 Å². The summed E-state index contributed by atoms with van der Waals surface area (Å²) < 4.78 is 6.96. The fourth-order valence-electron chi connectivity index (χ4n) is 15.4. The van der Waals surface area contributed by atoms with Gasteiger partial charge >= 0.3 is 0 Å². The van der Waals surface area contributed by atoms with Crippen LogP contribution < -0.4 is 31.1 Å². The molecule has 0 amide bonds. The number of benzene rings is 8. The normalized spacial score (nSPS) is 20.6. The average molecular weight is 1020 g/mol. The Hall–Kier alpha value is -6.98. The maximum Gasteiger partial charge on any atom is 0.252 e. The van der Waals surface area contributed by atoms with E-state index in [1.165, 1.54) is 103 Å². The van der Waals surface area contributed by atoms with Crippen LogP contribution in [0.5, 0.6) is 0 Å². The van der Waals surface area contributed by atoms with E-state index >= 15 is 0 Å². The van der Waals surface area contributed by atoms with Crippen LogP contribution in [0.1, 0.15) is 155 Å². The van der Waals surface area contributed by atoms with Gasteiger partial charge in [0, 0.05) is 55.9 Å². The summed E-state index contributed by atoms with van der Waals surface area (Å²) >= 11 is 0. The number of hydrogen-bond donors (Lipinski definition) is 0. The number of nitrogens with zero attached hydrogens (tertiary/aromatic N) is 3. The van der Waals surface area contributed by atoms with Gasteiger partial charge in [-0.2, -0.15) is 0 Å². The molecule has 2 aliphatic carbocycles. The highest BCUT2D eigenvalue weighted by Gasteiger charge is 2.61. The molecule has 0 N–H and O–H groups in total. The Balaban J connectivity index is 1.11. The van der Waals surface area contributed by atoms with E-state index < -0.39 is 0 Å². The van der Waals surface area contributed by atoms with Crippen molar-refractivity contribution in [2.75, 3.05) is 14.7 Å². The molecule has 3 aliphatic heterocycles. The van der Waals surface area contributed by atoms with Gasteiger partial charge in [0.25, 0.3) is 6.71 Å². The predicted molar refractivity (Wildman–Crippen MR) is 333 cm³/mol. The monoisotopic (exact) mass is 1020 g/mol. The van der Waals surface area contributed by atoms with Crippen LogP contribution in [-0.2, 0) is 27.1 Å². The van der Waals surface area contributed by atoms with Crippen molar-refractivity contribution in [2.24, 2.45) is 0 Å². The zero-order valence-corrected chi connectivity index (χ0v) is 48.5. The van der Waals surface area contributed by atoms with Gasteiger partial charge in [-0.3, -0.25) is 0 Å². The Morgan fingerprint density at radius 1 is 0.526 bits per heavy atom. The summed E-state index contributed by atoms with van der Waals surface area (Å²) in [7, 11) is 0. The Kier molecular flexibility index (Phi) is 10.5. The Morgan fingerprint density at radius 3 is 1.91 bits per heavy atom. The van der Waals surface area contributed by atoms with Crippen LogP contribution in [0.3, 0.4) is 0 Å². The summed E-state index contributed by atoms with van der Waals surface area (Å²) in [6.45, 7) is 31.7. The maximum atomic E-state index is 6.96. The first kappa shape index (κ1) is 49.3. The van der Waals surface area contributed by atoms with E-state index in [-0.39, 0.29) is 39.3 Å². The van der Waals surface area contributed by atoms with E-state index in [9.17, 15) is 0 Å². The molecule has 392 valence electrons. The van der Waals surface area contributed by atoms with Crippen molar-refractivity contribution in [1.29, 1.82) is 0 Å². The molecule has 8 aromatic carbocycles. The third-order valence-corrected chi connectivity index (χ3v) is 20.2. The van der Waals surface area contributed by atoms with Gasteiger partial charge in [-0.05, 0) is 177 Å². The van der Waals surface area contributed by atoms with E-state index in [0.29, 0.717) is 0 Å². The maximum absolute atomic E-state index is 6.96. The topological polar surface area (TPSA) is 22.9 Å². The SMILES string of the molecule is Cc1cc2c3c(c1)N1c4c(cc(C(C)(C)C)cc4C4(C)CCCCC14C)B3c1ccc(N(c3ccc(C(C)(C)C)cc3)c3cccc4c3oc3ccccc34)cc1N2c1cc2c(cc1-c1ccccc1)C(C)(C)CCC2(C)C. The predicted octanol–water partition coefficient (Wildman–Crippen LogP) is 18.3. The van der Waals surface area contributed by atoms with Crippen molar-refractivity contribution < 1.29 is 4.42 Å². The van der Waals surface area contributed by atoms with Crippen LogP contribution in [0, 0.1) is 6.92 Å². The zero-order chi connectivity index (χ0) is 54.2. The van der Waals surface area contributed by atoms with Crippen molar-refractivity contribution in [3.05, 3.63) is 185 Å². The highest BCUT2D eigenvalue weighted by Crippen LogP contribution is 2.63. The van der Waals surface area contributed by atoms with Crippen molar-refractivity contribution in [1.82, 2.24) is 0 Å². The zero-order valence-electron chi connectivity index (χ0n) is 48.5. The summed E-state index contributed by atoms with van der Waals surface area (Å²) in [4.78, 5) is 8.11. The lowest BCUT2D eigenvalue weighted by molar-refractivity contribution is 0.195. The number of para-hydroxylation sites is 2. The van der Waals surface area contributed by atoms with Gasteiger partial charge < -0.3 is 19.1 Å². The first-order chi connectivity index (χ1) is 37.1. The van der Waals surface area contributed by atoms with E-state index in [0.717, 1.165) is 58.3 Å². The molecular formula is C73H76BN3O. The second-order valence-electron chi connectivity index (χ2n) is 28.0. The number of furan rings is 1. The average Bonchev–Trinajstić information content (AvgIpc) is 2.50.